The minimum Gasteiger partial charge on any atom is -0.361 e. The van der Waals surface area contributed by atoms with Crippen molar-refractivity contribution in [3.63, 3.8) is 0 Å². The number of hydrogen-bond acceptors (Lipinski definition) is 3. The van der Waals surface area contributed by atoms with Crippen molar-refractivity contribution in [2.75, 3.05) is 0 Å². The number of nitrogens with one attached hydrogen (secondary N) is 1. The Labute approximate surface area is 114 Å². The molecule has 20 heavy (non-hydrogen) atoms. The van der Waals surface area contributed by atoms with Gasteiger partial charge in [0.05, 0.1) is 5.69 Å². The summed E-state index contributed by atoms with van der Waals surface area (Å²) < 4.78 is 44.6. The van der Waals surface area contributed by atoms with E-state index >= 15 is 0 Å². The van der Waals surface area contributed by atoms with Gasteiger partial charge in [-0.25, -0.2) is 0 Å². The highest BCUT2D eigenvalue weighted by Gasteiger charge is 2.60. The van der Waals surface area contributed by atoms with E-state index in [9.17, 15) is 18.0 Å². The molecule has 1 fully saturated rings. The van der Waals surface area contributed by atoms with Gasteiger partial charge in [-0.15, -0.1) is 0 Å². The molecule has 7 heteroatoms. The highest BCUT2D eigenvalue weighted by Crippen LogP contribution is 2.48. The Morgan fingerprint density at radius 3 is 2.50 bits per heavy atom. The van der Waals surface area contributed by atoms with Crippen molar-refractivity contribution in [2.45, 2.75) is 51.7 Å². The third-order valence-corrected chi connectivity index (χ3v) is 3.85. The maximum absolute atomic E-state index is 13.2. The van der Waals surface area contributed by atoms with Crippen LogP contribution in [0.25, 0.3) is 0 Å². The molecule has 1 aromatic heterocycles. The number of amides is 1. The molecule has 1 heterocycles. The fourth-order valence-electron chi connectivity index (χ4n) is 2.31. The van der Waals surface area contributed by atoms with Gasteiger partial charge in [0.15, 0.2) is 0 Å². The number of aromatic nitrogens is 1. The summed E-state index contributed by atoms with van der Waals surface area (Å²) in [4.78, 5) is 12.2. The molecule has 112 valence electrons. The highest BCUT2D eigenvalue weighted by atomic mass is 19.4. The first-order valence-corrected chi connectivity index (χ1v) is 6.55. The van der Waals surface area contributed by atoms with Gasteiger partial charge in [0.1, 0.15) is 16.9 Å². The lowest BCUT2D eigenvalue weighted by atomic mass is 9.94. The average Bonchev–Trinajstić information content (AvgIpc) is 3.11. The number of carbonyl (C=O) groups is 1. The van der Waals surface area contributed by atoms with Gasteiger partial charge < -0.3 is 9.84 Å². The van der Waals surface area contributed by atoms with Crippen molar-refractivity contribution in [2.24, 2.45) is 5.92 Å². The number of alkyl halides is 3. The summed E-state index contributed by atoms with van der Waals surface area (Å²) in [6.45, 7) is 4.32. The van der Waals surface area contributed by atoms with Gasteiger partial charge in [-0.3, -0.25) is 4.79 Å². The fraction of sp³-hybridized carbons (Fsp3) is 0.692. The Hall–Kier alpha value is -1.53. The van der Waals surface area contributed by atoms with Crippen LogP contribution in [0.4, 0.5) is 13.2 Å². The quantitative estimate of drug-likeness (QED) is 0.927. The molecule has 1 amide bonds. The molecule has 0 radical (unpaired) electrons. The second-order valence-corrected chi connectivity index (χ2v) is 5.34. The van der Waals surface area contributed by atoms with Crippen LogP contribution < -0.4 is 5.32 Å². The summed E-state index contributed by atoms with van der Waals surface area (Å²) in [5.41, 5.74) is -1.71. The number of carbonyl (C=O) groups excluding carboxylic acids is 1. The summed E-state index contributed by atoms with van der Waals surface area (Å²) in [6.07, 6.45) is -3.12. The second-order valence-electron chi connectivity index (χ2n) is 5.34. The van der Waals surface area contributed by atoms with Gasteiger partial charge in [-0.2, -0.15) is 13.2 Å². The number of hydrogen-bond donors (Lipinski definition) is 1. The monoisotopic (exact) mass is 290 g/mol. The van der Waals surface area contributed by atoms with E-state index in [0.29, 0.717) is 25.0 Å². The Morgan fingerprint density at radius 1 is 1.45 bits per heavy atom. The van der Waals surface area contributed by atoms with E-state index in [1.807, 2.05) is 0 Å². The van der Waals surface area contributed by atoms with E-state index in [0.717, 1.165) is 6.92 Å². The van der Waals surface area contributed by atoms with E-state index in [1.54, 1.807) is 6.92 Å². The van der Waals surface area contributed by atoms with Crippen LogP contribution in [0.5, 0.6) is 0 Å². The average molecular weight is 290 g/mol. The van der Waals surface area contributed by atoms with Gasteiger partial charge in [0.2, 0.25) is 0 Å². The van der Waals surface area contributed by atoms with Crippen LogP contribution in [0.2, 0.25) is 0 Å². The van der Waals surface area contributed by atoms with Gasteiger partial charge in [0, 0.05) is 0 Å². The van der Waals surface area contributed by atoms with E-state index in [1.165, 1.54) is 6.92 Å². The molecule has 1 N–H and O–H groups in total. The lowest BCUT2D eigenvalue weighted by molar-refractivity contribution is -0.194. The molecule has 1 aromatic rings. The molecule has 0 spiro atoms. The predicted molar refractivity (Wildman–Crippen MR) is 65.3 cm³/mol. The van der Waals surface area contributed by atoms with Gasteiger partial charge in [-0.05, 0) is 39.0 Å². The lowest BCUT2D eigenvalue weighted by Crippen LogP contribution is -2.58. The molecule has 1 saturated carbocycles. The molecule has 0 saturated heterocycles. The maximum atomic E-state index is 13.2. The van der Waals surface area contributed by atoms with Crippen LogP contribution in [0, 0.1) is 12.8 Å². The van der Waals surface area contributed by atoms with E-state index in [-0.39, 0.29) is 11.3 Å². The van der Waals surface area contributed by atoms with Gasteiger partial charge in [-0.1, -0.05) is 12.1 Å². The van der Waals surface area contributed by atoms with E-state index < -0.39 is 23.5 Å². The first-order valence-electron chi connectivity index (χ1n) is 6.55. The Balaban J connectivity index is 2.28. The molecule has 1 aliphatic carbocycles. The molecule has 0 bridgehead atoms. The molecule has 1 unspecified atom stereocenters. The largest absolute Gasteiger partial charge is 0.411 e. The molecule has 2 rings (SSSR count). The van der Waals surface area contributed by atoms with Crippen molar-refractivity contribution in [3.05, 3.63) is 17.0 Å². The van der Waals surface area contributed by atoms with Crippen LogP contribution in [-0.2, 0) is 6.42 Å². The number of nitrogens with zero attached hydrogens (tertiary/aromatic N) is 1. The molecular formula is C13H17F3N2O2. The zero-order chi connectivity index (χ0) is 15.1. The molecule has 0 aliphatic heterocycles. The van der Waals surface area contributed by atoms with Gasteiger partial charge >= 0.3 is 6.18 Å². The lowest BCUT2D eigenvalue weighted by Gasteiger charge is -2.33. The summed E-state index contributed by atoms with van der Waals surface area (Å²) >= 11 is 0. The Morgan fingerprint density at radius 2 is 2.05 bits per heavy atom. The van der Waals surface area contributed by atoms with Crippen LogP contribution in [-0.4, -0.2) is 22.8 Å². The third-order valence-electron chi connectivity index (χ3n) is 3.85. The fourth-order valence-corrected chi connectivity index (χ4v) is 2.31. The number of aryl methyl sites for hydroxylation is 2. The summed E-state index contributed by atoms with van der Waals surface area (Å²) in [5.74, 6) is -1.09. The van der Waals surface area contributed by atoms with E-state index in [4.69, 9.17) is 4.52 Å². The topological polar surface area (TPSA) is 55.1 Å². The first kappa shape index (κ1) is 14.9. The molecule has 1 atom stereocenters. The Bertz CT molecular complexity index is 520. The highest BCUT2D eigenvalue weighted by molar-refractivity contribution is 5.96. The number of rotatable bonds is 4. The van der Waals surface area contributed by atoms with Crippen LogP contribution in [0.15, 0.2) is 4.52 Å². The van der Waals surface area contributed by atoms with Crippen LogP contribution in [0.1, 0.15) is 48.5 Å². The summed E-state index contributed by atoms with van der Waals surface area (Å²) in [5, 5.41) is 5.84. The third kappa shape index (κ3) is 2.41. The normalized spacial score (nSPS) is 18.7. The molecular weight excluding hydrogens is 273 g/mol. The van der Waals surface area contributed by atoms with E-state index in [2.05, 4.69) is 10.5 Å². The molecule has 1 aliphatic rings. The molecule has 0 aromatic carbocycles. The van der Waals surface area contributed by atoms with Crippen LogP contribution in [0.3, 0.4) is 0 Å². The smallest absolute Gasteiger partial charge is 0.361 e. The van der Waals surface area contributed by atoms with Gasteiger partial charge in [0.25, 0.3) is 5.91 Å². The van der Waals surface area contributed by atoms with Crippen LogP contribution >= 0.6 is 0 Å². The minimum atomic E-state index is -4.48. The second kappa shape index (κ2) is 4.79. The first-order chi connectivity index (χ1) is 9.20. The van der Waals surface area contributed by atoms with Crippen molar-refractivity contribution in [1.82, 2.24) is 10.5 Å². The predicted octanol–water partition coefficient (Wildman–Crippen LogP) is 3.01. The zero-order valence-electron chi connectivity index (χ0n) is 11.6. The van der Waals surface area contributed by atoms with Crippen molar-refractivity contribution < 1.29 is 22.5 Å². The summed E-state index contributed by atoms with van der Waals surface area (Å²) in [7, 11) is 0. The zero-order valence-corrected chi connectivity index (χ0v) is 11.6. The summed E-state index contributed by atoms with van der Waals surface area (Å²) in [6, 6.07) is 0. The van der Waals surface area contributed by atoms with Crippen molar-refractivity contribution in [3.8, 4) is 0 Å². The SMILES string of the molecule is CCc1noc(C)c1C(=O)NC(C)(C1CC1)C(F)(F)F. The Kier molecular flexibility index (Phi) is 3.56. The van der Waals surface area contributed by atoms with Crippen molar-refractivity contribution >= 4 is 5.91 Å². The maximum Gasteiger partial charge on any atom is 0.411 e. The minimum absolute atomic E-state index is 0.114. The van der Waals surface area contributed by atoms with Crippen molar-refractivity contribution in [1.29, 1.82) is 0 Å². The number of halogens is 3. The molecule has 4 nitrogen and oxygen atoms in total. The standard InChI is InChI=1S/C13H17F3N2O2/c1-4-9-10(7(2)20-18-9)11(19)17-12(3,8-5-6-8)13(14,15)16/h8H,4-6H2,1-3H3,(H,17,19).